The fraction of sp³-hybridized carbons (Fsp3) is 0.364. The minimum absolute atomic E-state index is 0.116. The molecule has 1 fully saturated rings. The highest BCUT2D eigenvalue weighted by atomic mass is 32.1. The Bertz CT molecular complexity index is 881. The van der Waals surface area contributed by atoms with Gasteiger partial charge in [0.15, 0.2) is 5.78 Å². The number of ketones is 2. The van der Waals surface area contributed by atoms with Crippen LogP contribution in [0, 0.1) is 19.8 Å². The summed E-state index contributed by atoms with van der Waals surface area (Å²) in [7, 11) is 0. The van der Waals surface area contributed by atoms with Gasteiger partial charge in [-0.05, 0) is 60.9 Å². The van der Waals surface area contributed by atoms with E-state index in [1.54, 1.807) is 6.08 Å². The van der Waals surface area contributed by atoms with Crippen molar-refractivity contribution in [2.24, 2.45) is 5.92 Å². The fourth-order valence-corrected chi connectivity index (χ4v) is 5.24. The largest absolute Gasteiger partial charge is 0.288 e. The normalized spacial score (nSPS) is 24.4. The lowest BCUT2D eigenvalue weighted by Gasteiger charge is -2.19. The molecule has 0 aliphatic heterocycles. The summed E-state index contributed by atoms with van der Waals surface area (Å²) in [5.41, 5.74) is 4.54. The van der Waals surface area contributed by atoms with Gasteiger partial charge in [0.05, 0.1) is 10.5 Å². The van der Waals surface area contributed by atoms with Crippen molar-refractivity contribution >= 4 is 29.0 Å². The molecule has 0 radical (unpaired) electrons. The third-order valence-electron chi connectivity index (χ3n) is 5.67. The highest BCUT2D eigenvalue weighted by Gasteiger charge is 2.35. The van der Waals surface area contributed by atoms with Crippen molar-refractivity contribution in [2.75, 3.05) is 0 Å². The smallest absolute Gasteiger partial charge is 0.207 e. The lowest BCUT2D eigenvalue weighted by Crippen LogP contribution is -2.05. The van der Waals surface area contributed by atoms with E-state index in [0.717, 1.165) is 10.4 Å². The molecule has 0 amide bonds. The summed E-state index contributed by atoms with van der Waals surface area (Å²) in [6.07, 6.45) is 5.59. The summed E-state index contributed by atoms with van der Waals surface area (Å²) in [6, 6.07) is 8.16. The number of Topliss-reactive ketones (excluding diaryl/α,β-unsaturated/α-hetero) is 2. The molecular formula is C22H22O2S. The van der Waals surface area contributed by atoms with Crippen molar-refractivity contribution in [2.45, 2.75) is 46.0 Å². The molecule has 2 aliphatic carbocycles. The Kier molecular flexibility index (Phi) is 3.99. The summed E-state index contributed by atoms with van der Waals surface area (Å²) < 4.78 is 0. The molecule has 0 N–H and O–H groups in total. The van der Waals surface area contributed by atoms with Crippen LogP contribution in [0.25, 0.3) is 6.08 Å². The minimum atomic E-state index is -0.124. The number of thiophene rings is 1. The maximum atomic E-state index is 12.6. The van der Waals surface area contributed by atoms with E-state index in [4.69, 9.17) is 0 Å². The highest BCUT2D eigenvalue weighted by molar-refractivity contribution is 7.15. The van der Waals surface area contributed by atoms with Gasteiger partial charge in [-0.25, -0.2) is 0 Å². The van der Waals surface area contributed by atoms with Gasteiger partial charge < -0.3 is 0 Å². The van der Waals surface area contributed by atoms with Gasteiger partial charge in [0.2, 0.25) is 5.78 Å². The molecule has 1 heterocycles. The highest BCUT2D eigenvalue weighted by Crippen LogP contribution is 2.41. The maximum Gasteiger partial charge on any atom is 0.207 e. The van der Waals surface area contributed by atoms with Crippen LogP contribution in [0.5, 0.6) is 0 Å². The van der Waals surface area contributed by atoms with Gasteiger partial charge in [-0.1, -0.05) is 38.0 Å². The molecule has 1 aromatic heterocycles. The fourth-order valence-electron chi connectivity index (χ4n) is 4.28. The Morgan fingerprint density at radius 2 is 1.88 bits per heavy atom. The van der Waals surface area contributed by atoms with Crippen LogP contribution in [0.15, 0.2) is 29.8 Å². The first-order valence-corrected chi connectivity index (χ1v) is 9.79. The number of allylic oxidation sites excluding steroid dienone is 1. The molecule has 2 nitrogen and oxygen atoms in total. The van der Waals surface area contributed by atoms with Gasteiger partial charge >= 0.3 is 0 Å². The van der Waals surface area contributed by atoms with Crippen LogP contribution >= 0.6 is 11.3 Å². The predicted molar refractivity (Wildman–Crippen MR) is 103 cm³/mol. The number of carbonyl (C=O) groups excluding carboxylic acids is 2. The van der Waals surface area contributed by atoms with Crippen LogP contribution in [0.3, 0.4) is 0 Å². The van der Waals surface area contributed by atoms with Crippen molar-refractivity contribution in [3.8, 4) is 0 Å². The zero-order valence-corrected chi connectivity index (χ0v) is 15.7. The molecule has 0 saturated heterocycles. The van der Waals surface area contributed by atoms with E-state index >= 15 is 0 Å². The van der Waals surface area contributed by atoms with Crippen molar-refractivity contribution in [3.05, 3.63) is 61.8 Å². The van der Waals surface area contributed by atoms with Crippen LogP contribution < -0.4 is 0 Å². The summed E-state index contributed by atoms with van der Waals surface area (Å²) in [6.45, 7) is 6.41. The summed E-state index contributed by atoms with van der Waals surface area (Å²) in [5, 5.41) is 0. The van der Waals surface area contributed by atoms with Crippen molar-refractivity contribution in [3.63, 3.8) is 0 Å². The second-order valence-electron chi connectivity index (χ2n) is 7.45. The van der Waals surface area contributed by atoms with E-state index in [9.17, 15) is 9.59 Å². The molecule has 1 saturated carbocycles. The van der Waals surface area contributed by atoms with Crippen LogP contribution in [-0.2, 0) is 0 Å². The van der Waals surface area contributed by atoms with E-state index in [1.807, 2.05) is 19.1 Å². The number of hydrogen-bond donors (Lipinski definition) is 0. The third-order valence-corrected chi connectivity index (χ3v) is 6.72. The van der Waals surface area contributed by atoms with E-state index in [1.165, 1.54) is 41.7 Å². The predicted octanol–water partition coefficient (Wildman–Crippen LogP) is 5.73. The Balaban J connectivity index is 1.72. The van der Waals surface area contributed by atoms with Crippen LogP contribution in [0.1, 0.15) is 73.7 Å². The Hall–Kier alpha value is -2.00. The summed E-state index contributed by atoms with van der Waals surface area (Å²) in [5.74, 6) is 1.05. The van der Waals surface area contributed by atoms with Gasteiger partial charge in [0, 0.05) is 10.4 Å². The molecule has 2 unspecified atom stereocenters. The number of rotatable bonds is 2. The second kappa shape index (κ2) is 6.06. The van der Waals surface area contributed by atoms with E-state index in [-0.39, 0.29) is 11.6 Å². The zero-order valence-electron chi connectivity index (χ0n) is 14.9. The molecule has 2 aromatic rings. The van der Waals surface area contributed by atoms with Gasteiger partial charge in [0.1, 0.15) is 0 Å². The Morgan fingerprint density at radius 1 is 1.08 bits per heavy atom. The van der Waals surface area contributed by atoms with Crippen molar-refractivity contribution in [1.29, 1.82) is 0 Å². The summed E-state index contributed by atoms with van der Waals surface area (Å²) in [4.78, 5) is 26.8. The molecule has 25 heavy (non-hydrogen) atoms. The molecule has 4 rings (SSSR count). The first-order valence-electron chi connectivity index (χ1n) is 8.98. The van der Waals surface area contributed by atoms with Gasteiger partial charge in [-0.3, -0.25) is 9.59 Å². The average molecular weight is 350 g/mol. The zero-order chi connectivity index (χ0) is 17.7. The van der Waals surface area contributed by atoms with Crippen LogP contribution in [0.4, 0.5) is 0 Å². The maximum absolute atomic E-state index is 12.6. The molecule has 3 heteroatoms. The van der Waals surface area contributed by atoms with Crippen molar-refractivity contribution < 1.29 is 9.59 Å². The molecule has 2 aliphatic rings. The van der Waals surface area contributed by atoms with E-state index in [0.29, 0.717) is 27.8 Å². The first kappa shape index (κ1) is 16.5. The van der Waals surface area contributed by atoms with Gasteiger partial charge in [-0.2, -0.15) is 0 Å². The number of hydrogen-bond acceptors (Lipinski definition) is 3. The topological polar surface area (TPSA) is 34.1 Å². The first-order chi connectivity index (χ1) is 12.0. The second-order valence-corrected chi connectivity index (χ2v) is 8.70. The molecule has 0 spiro atoms. The molecular weight excluding hydrogens is 328 g/mol. The van der Waals surface area contributed by atoms with Crippen molar-refractivity contribution in [1.82, 2.24) is 0 Å². The minimum Gasteiger partial charge on any atom is -0.288 e. The number of benzene rings is 1. The van der Waals surface area contributed by atoms with Gasteiger partial charge in [0.25, 0.3) is 0 Å². The lowest BCUT2D eigenvalue weighted by atomic mass is 9.86. The average Bonchev–Trinajstić information content (AvgIpc) is 3.23. The number of carbonyl (C=O) groups is 2. The lowest BCUT2D eigenvalue weighted by molar-refractivity contribution is 0.0991. The Morgan fingerprint density at radius 3 is 2.56 bits per heavy atom. The SMILES string of the molecule is Cc1cc2c(s1)C(=O)/C(=C/c1ccc(C)c(C3CCCC3C)c1)C2=O. The van der Waals surface area contributed by atoms with Crippen LogP contribution in [-0.4, -0.2) is 11.6 Å². The van der Waals surface area contributed by atoms with E-state index in [2.05, 4.69) is 26.0 Å². The van der Waals surface area contributed by atoms with Crippen LogP contribution in [0.2, 0.25) is 0 Å². The Labute approximate surface area is 152 Å². The molecule has 128 valence electrons. The quantitative estimate of drug-likeness (QED) is 0.512. The molecule has 0 bridgehead atoms. The molecule has 1 aromatic carbocycles. The molecule has 2 atom stereocenters. The van der Waals surface area contributed by atoms with E-state index < -0.39 is 0 Å². The summed E-state index contributed by atoms with van der Waals surface area (Å²) >= 11 is 1.42. The number of fused-ring (bicyclic) bond motifs is 1. The monoisotopic (exact) mass is 350 g/mol. The number of aryl methyl sites for hydroxylation is 2. The van der Waals surface area contributed by atoms with Gasteiger partial charge in [-0.15, -0.1) is 11.3 Å². The third kappa shape index (κ3) is 2.71. The standard InChI is InChI=1S/C22H22O2S/c1-12-5-4-6-16(12)17-10-15(8-7-13(17)2)11-18-20(23)19-9-14(3)25-22(19)21(18)24/h7-12,16H,4-6H2,1-3H3/b18-11+.